The fourth-order valence-electron chi connectivity index (χ4n) is 6.35. The molecule has 0 saturated carbocycles. The molecule has 0 aliphatic carbocycles. The summed E-state index contributed by atoms with van der Waals surface area (Å²) in [5.74, 6) is 0. The van der Waals surface area contributed by atoms with Gasteiger partial charge in [0.2, 0.25) is 5.69 Å². The van der Waals surface area contributed by atoms with Crippen LogP contribution in [-0.4, -0.2) is 9.13 Å². The van der Waals surface area contributed by atoms with Gasteiger partial charge < -0.3 is 9.13 Å². The number of hydrogen-bond donors (Lipinski definition) is 0. The maximum atomic E-state index is 7.80. The van der Waals surface area contributed by atoms with Gasteiger partial charge in [-0.1, -0.05) is 84.9 Å². The molecule has 0 saturated heterocycles. The quantitative estimate of drug-likeness (QED) is 0.201. The lowest BCUT2D eigenvalue weighted by molar-refractivity contribution is 1.18. The predicted octanol–water partition coefficient (Wildman–Crippen LogP) is 10.6. The smallest absolute Gasteiger partial charge is 0.210 e. The third-order valence-electron chi connectivity index (χ3n) is 8.14. The molecule has 0 spiro atoms. The van der Waals surface area contributed by atoms with Crippen LogP contribution < -0.4 is 0 Å². The van der Waals surface area contributed by atoms with Crippen LogP contribution in [-0.2, 0) is 0 Å². The van der Waals surface area contributed by atoms with Crippen molar-refractivity contribution in [1.29, 1.82) is 0 Å². The van der Waals surface area contributed by atoms with Crippen LogP contribution in [0.5, 0.6) is 0 Å². The summed E-state index contributed by atoms with van der Waals surface area (Å²) in [7, 11) is 0. The molecule has 4 nitrogen and oxygen atoms in total. The standard InChI is InChI=1S/C38H22N4/c1-39-26-20-22-36-32(24-26)31-23-25(19-21-35(31)42(36)37-18-9-7-16-33(37)40-2)28-14-10-15-30-29-13-6-8-17-34(29)41(38(28)30)27-11-4-3-5-12-27/h3-24H. The highest BCUT2D eigenvalue weighted by molar-refractivity contribution is 6.16. The van der Waals surface area contributed by atoms with Crippen molar-refractivity contribution < 1.29 is 0 Å². The molecular weight excluding hydrogens is 512 g/mol. The molecule has 8 rings (SSSR count). The van der Waals surface area contributed by atoms with E-state index in [1.807, 2.05) is 48.5 Å². The Bertz CT molecular complexity index is 2430. The van der Waals surface area contributed by atoms with Crippen molar-refractivity contribution in [1.82, 2.24) is 9.13 Å². The number of para-hydroxylation sites is 5. The second kappa shape index (κ2) is 9.24. The lowest BCUT2D eigenvalue weighted by atomic mass is 9.99. The van der Waals surface area contributed by atoms with Crippen molar-refractivity contribution in [2.24, 2.45) is 0 Å². The van der Waals surface area contributed by atoms with Gasteiger partial charge in [-0.05, 0) is 59.5 Å². The van der Waals surface area contributed by atoms with Crippen LogP contribution in [0.4, 0.5) is 11.4 Å². The first kappa shape index (κ1) is 23.8. The van der Waals surface area contributed by atoms with Gasteiger partial charge >= 0.3 is 0 Å². The van der Waals surface area contributed by atoms with Crippen LogP contribution in [0.25, 0.3) is 75.8 Å². The Morgan fingerprint density at radius 3 is 2.00 bits per heavy atom. The Balaban J connectivity index is 1.47. The fourth-order valence-corrected chi connectivity index (χ4v) is 6.35. The number of benzene rings is 6. The molecular formula is C38H22N4. The minimum absolute atomic E-state index is 0.590. The van der Waals surface area contributed by atoms with E-state index in [1.165, 1.54) is 16.3 Å². The molecule has 0 fully saturated rings. The van der Waals surface area contributed by atoms with Crippen molar-refractivity contribution in [2.45, 2.75) is 0 Å². The maximum Gasteiger partial charge on any atom is 0.210 e. The van der Waals surface area contributed by atoms with E-state index in [-0.39, 0.29) is 0 Å². The fraction of sp³-hybridized carbons (Fsp3) is 0. The Labute approximate surface area is 242 Å². The number of aromatic nitrogens is 2. The first-order valence-electron chi connectivity index (χ1n) is 13.8. The molecule has 194 valence electrons. The normalized spacial score (nSPS) is 11.3. The van der Waals surface area contributed by atoms with E-state index in [0.29, 0.717) is 11.4 Å². The third-order valence-corrected chi connectivity index (χ3v) is 8.14. The molecule has 0 aliphatic rings. The molecule has 0 amide bonds. The lowest BCUT2D eigenvalue weighted by Gasteiger charge is -2.12. The molecule has 8 aromatic rings. The Kier molecular flexibility index (Phi) is 5.22. The SMILES string of the molecule is [C-]#[N+]c1ccc2c(c1)c1cc(-c3cccc4c5ccccc5n(-c5ccccc5)c34)ccc1n2-c1ccccc1[N+]#[C-]. The summed E-state index contributed by atoms with van der Waals surface area (Å²) in [6.07, 6.45) is 0. The van der Waals surface area contributed by atoms with Crippen molar-refractivity contribution >= 4 is 55.0 Å². The van der Waals surface area contributed by atoms with Crippen molar-refractivity contribution in [3.63, 3.8) is 0 Å². The van der Waals surface area contributed by atoms with E-state index in [4.69, 9.17) is 13.1 Å². The molecule has 0 unspecified atom stereocenters. The number of hydrogen-bond acceptors (Lipinski definition) is 0. The summed E-state index contributed by atoms with van der Waals surface area (Å²) in [5.41, 5.74) is 9.67. The predicted molar refractivity (Wildman–Crippen MR) is 173 cm³/mol. The Morgan fingerprint density at radius 2 is 1.17 bits per heavy atom. The van der Waals surface area contributed by atoms with E-state index in [0.717, 1.165) is 49.8 Å². The first-order chi connectivity index (χ1) is 20.8. The molecule has 42 heavy (non-hydrogen) atoms. The van der Waals surface area contributed by atoms with Crippen LogP contribution in [0.3, 0.4) is 0 Å². The van der Waals surface area contributed by atoms with E-state index in [1.54, 1.807) is 0 Å². The highest BCUT2D eigenvalue weighted by Crippen LogP contribution is 2.42. The molecule has 2 aromatic heterocycles. The molecule has 0 bridgehead atoms. The van der Waals surface area contributed by atoms with E-state index in [9.17, 15) is 0 Å². The van der Waals surface area contributed by atoms with Gasteiger partial charge in [-0.3, -0.25) is 0 Å². The van der Waals surface area contributed by atoms with Gasteiger partial charge in [0, 0.05) is 27.4 Å². The number of nitrogens with zero attached hydrogens (tertiary/aromatic N) is 4. The van der Waals surface area contributed by atoms with Crippen LogP contribution in [0.15, 0.2) is 133 Å². The van der Waals surface area contributed by atoms with Crippen LogP contribution in [0, 0.1) is 13.1 Å². The summed E-state index contributed by atoms with van der Waals surface area (Å²) >= 11 is 0. The Morgan fingerprint density at radius 1 is 0.476 bits per heavy atom. The summed E-state index contributed by atoms with van der Waals surface area (Å²) < 4.78 is 4.51. The lowest BCUT2D eigenvalue weighted by Crippen LogP contribution is -1.95. The van der Waals surface area contributed by atoms with Gasteiger partial charge in [-0.15, -0.1) is 0 Å². The van der Waals surface area contributed by atoms with Gasteiger partial charge in [0.1, 0.15) is 0 Å². The molecule has 4 heteroatoms. The van der Waals surface area contributed by atoms with E-state index in [2.05, 4.69) is 104 Å². The average molecular weight is 535 g/mol. The topological polar surface area (TPSA) is 18.6 Å². The summed E-state index contributed by atoms with van der Waals surface area (Å²) in [4.78, 5) is 7.53. The van der Waals surface area contributed by atoms with Crippen LogP contribution in [0.1, 0.15) is 0 Å². The first-order valence-corrected chi connectivity index (χ1v) is 13.8. The molecule has 0 atom stereocenters. The van der Waals surface area contributed by atoms with Crippen molar-refractivity contribution in [3.8, 4) is 22.5 Å². The minimum atomic E-state index is 0.590. The molecule has 6 aromatic carbocycles. The van der Waals surface area contributed by atoms with Gasteiger partial charge in [0.15, 0.2) is 5.69 Å². The maximum absolute atomic E-state index is 7.80. The molecule has 0 N–H and O–H groups in total. The van der Waals surface area contributed by atoms with E-state index >= 15 is 0 Å². The zero-order chi connectivity index (χ0) is 28.2. The van der Waals surface area contributed by atoms with Crippen LogP contribution >= 0.6 is 0 Å². The average Bonchev–Trinajstić information content (AvgIpc) is 3.57. The zero-order valence-corrected chi connectivity index (χ0v) is 22.5. The van der Waals surface area contributed by atoms with Crippen molar-refractivity contribution in [3.05, 3.63) is 156 Å². The Hall–Kier alpha value is -6.10. The highest BCUT2D eigenvalue weighted by atomic mass is 15.0. The van der Waals surface area contributed by atoms with Gasteiger partial charge in [-0.2, -0.15) is 0 Å². The zero-order valence-electron chi connectivity index (χ0n) is 22.5. The third kappa shape index (κ3) is 3.40. The summed E-state index contributed by atoms with van der Waals surface area (Å²) in [6.45, 7) is 15.5. The number of rotatable bonds is 3. The molecule has 2 heterocycles. The summed E-state index contributed by atoms with van der Waals surface area (Å²) in [6, 6.07) is 45.7. The van der Waals surface area contributed by atoms with Crippen molar-refractivity contribution in [2.75, 3.05) is 0 Å². The molecule has 0 radical (unpaired) electrons. The second-order valence-electron chi connectivity index (χ2n) is 10.4. The monoisotopic (exact) mass is 534 g/mol. The summed E-state index contributed by atoms with van der Waals surface area (Å²) in [5, 5.41) is 4.46. The number of fused-ring (bicyclic) bond motifs is 6. The van der Waals surface area contributed by atoms with Gasteiger partial charge in [-0.25, -0.2) is 9.69 Å². The minimum Gasteiger partial charge on any atom is -0.319 e. The van der Waals surface area contributed by atoms with E-state index < -0.39 is 0 Å². The van der Waals surface area contributed by atoms with Gasteiger partial charge in [0.05, 0.1) is 40.9 Å². The second-order valence-corrected chi connectivity index (χ2v) is 10.4. The highest BCUT2D eigenvalue weighted by Gasteiger charge is 2.19. The van der Waals surface area contributed by atoms with Gasteiger partial charge in [0.25, 0.3) is 0 Å². The van der Waals surface area contributed by atoms with Crippen LogP contribution in [0.2, 0.25) is 0 Å². The molecule has 0 aliphatic heterocycles. The largest absolute Gasteiger partial charge is 0.319 e.